The van der Waals surface area contributed by atoms with Crippen LogP contribution in [0.2, 0.25) is 0 Å². The minimum absolute atomic E-state index is 0.324. The van der Waals surface area contributed by atoms with Crippen molar-refractivity contribution in [1.29, 1.82) is 0 Å². The third-order valence-electron chi connectivity index (χ3n) is 3.82. The van der Waals surface area contributed by atoms with E-state index in [0.29, 0.717) is 17.3 Å². The van der Waals surface area contributed by atoms with Crippen LogP contribution in [-0.4, -0.2) is 44.6 Å². The molecule has 8 heteroatoms. The number of hydrogen-bond donors (Lipinski definition) is 1. The standard InChI is InChI=1S/C16H21N3O3S2/c1-12-10-15(13(2)23-12)24(20,21)18-16-5-3-4-14(17-16)11-19-6-8-22-9-7-19/h3-5,10H,6-9,11H2,1-2H3,(H,17,18). The second kappa shape index (κ2) is 7.18. The van der Waals surface area contributed by atoms with Gasteiger partial charge in [0.25, 0.3) is 10.0 Å². The van der Waals surface area contributed by atoms with Crippen molar-refractivity contribution >= 4 is 27.2 Å². The fourth-order valence-electron chi connectivity index (χ4n) is 2.68. The molecular formula is C16H21N3O3S2. The van der Waals surface area contributed by atoms with Crippen molar-refractivity contribution in [3.63, 3.8) is 0 Å². The van der Waals surface area contributed by atoms with Crippen molar-refractivity contribution in [3.8, 4) is 0 Å². The maximum absolute atomic E-state index is 12.6. The Kier molecular flexibility index (Phi) is 5.19. The average molecular weight is 367 g/mol. The molecule has 1 fully saturated rings. The predicted molar refractivity (Wildman–Crippen MR) is 94.9 cm³/mol. The highest BCUT2D eigenvalue weighted by atomic mass is 32.2. The molecule has 2 aromatic rings. The van der Waals surface area contributed by atoms with E-state index in [1.165, 1.54) is 11.3 Å². The number of sulfonamides is 1. The quantitative estimate of drug-likeness (QED) is 0.879. The molecule has 130 valence electrons. The van der Waals surface area contributed by atoms with E-state index in [1.807, 2.05) is 26.0 Å². The smallest absolute Gasteiger partial charge is 0.264 e. The van der Waals surface area contributed by atoms with E-state index in [-0.39, 0.29) is 0 Å². The second-order valence-electron chi connectivity index (χ2n) is 5.79. The summed E-state index contributed by atoms with van der Waals surface area (Å²) >= 11 is 1.48. The van der Waals surface area contributed by atoms with Crippen molar-refractivity contribution in [2.24, 2.45) is 0 Å². The Morgan fingerprint density at radius 1 is 1.29 bits per heavy atom. The normalized spacial score (nSPS) is 16.2. The SMILES string of the molecule is Cc1cc(S(=O)(=O)Nc2cccc(CN3CCOCC3)n2)c(C)s1. The molecule has 0 amide bonds. The molecule has 0 atom stereocenters. The maximum atomic E-state index is 12.6. The predicted octanol–water partition coefficient (Wildman–Crippen LogP) is 2.39. The summed E-state index contributed by atoms with van der Waals surface area (Å²) in [6.07, 6.45) is 0. The van der Waals surface area contributed by atoms with Gasteiger partial charge in [0, 0.05) is 29.4 Å². The molecule has 24 heavy (non-hydrogen) atoms. The molecule has 0 aliphatic carbocycles. The number of aromatic nitrogens is 1. The summed E-state index contributed by atoms with van der Waals surface area (Å²) < 4.78 is 33.1. The summed E-state index contributed by atoms with van der Waals surface area (Å²) in [7, 11) is -3.61. The summed E-state index contributed by atoms with van der Waals surface area (Å²) in [5.41, 5.74) is 0.843. The zero-order valence-corrected chi connectivity index (χ0v) is 15.4. The lowest BCUT2D eigenvalue weighted by Gasteiger charge is -2.26. The molecule has 0 spiro atoms. The number of ether oxygens (including phenoxy) is 1. The van der Waals surface area contributed by atoms with Crippen LogP contribution in [0, 0.1) is 13.8 Å². The summed E-state index contributed by atoms with van der Waals surface area (Å²) in [5, 5.41) is 0. The van der Waals surface area contributed by atoms with Crippen LogP contribution in [0.1, 0.15) is 15.4 Å². The fourth-order valence-corrected chi connectivity index (χ4v) is 5.24. The fraction of sp³-hybridized carbons (Fsp3) is 0.438. The van der Waals surface area contributed by atoms with E-state index in [0.717, 1.165) is 41.8 Å². The first kappa shape index (κ1) is 17.3. The number of nitrogens with zero attached hydrogens (tertiary/aromatic N) is 2. The number of morpholine rings is 1. The Balaban J connectivity index is 1.75. The lowest BCUT2D eigenvalue weighted by molar-refractivity contribution is 0.0337. The highest BCUT2D eigenvalue weighted by Crippen LogP contribution is 2.26. The van der Waals surface area contributed by atoms with Crippen LogP contribution >= 0.6 is 11.3 Å². The van der Waals surface area contributed by atoms with E-state index < -0.39 is 10.0 Å². The Labute approximate surface area is 146 Å². The molecule has 0 aromatic carbocycles. The van der Waals surface area contributed by atoms with Gasteiger partial charge in [-0.3, -0.25) is 9.62 Å². The Bertz CT molecular complexity index is 812. The van der Waals surface area contributed by atoms with E-state index in [4.69, 9.17) is 4.74 Å². The molecule has 0 saturated carbocycles. The molecule has 0 bridgehead atoms. The van der Waals surface area contributed by atoms with Crippen LogP contribution in [0.5, 0.6) is 0 Å². The van der Waals surface area contributed by atoms with Crippen molar-refractivity contribution in [2.45, 2.75) is 25.3 Å². The summed E-state index contributed by atoms with van der Waals surface area (Å²) in [4.78, 5) is 8.77. The zero-order chi connectivity index (χ0) is 17.2. The average Bonchev–Trinajstić information content (AvgIpc) is 2.88. The van der Waals surface area contributed by atoms with Gasteiger partial charge < -0.3 is 4.74 Å². The lowest BCUT2D eigenvalue weighted by atomic mass is 10.3. The van der Waals surface area contributed by atoms with E-state index >= 15 is 0 Å². The van der Waals surface area contributed by atoms with Crippen molar-refractivity contribution in [2.75, 3.05) is 31.0 Å². The first-order valence-corrected chi connectivity index (χ1v) is 10.1. The van der Waals surface area contributed by atoms with Gasteiger partial charge in [-0.15, -0.1) is 11.3 Å². The molecule has 6 nitrogen and oxygen atoms in total. The van der Waals surface area contributed by atoms with Gasteiger partial charge in [-0.25, -0.2) is 13.4 Å². The molecule has 0 unspecified atom stereocenters. The van der Waals surface area contributed by atoms with Gasteiger partial charge in [-0.05, 0) is 32.0 Å². The lowest BCUT2D eigenvalue weighted by Crippen LogP contribution is -2.35. The van der Waals surface area contributed by atoms with Gasteiger partial charge in [-0.2, -0.15) is 0 Å². The second-order valence-corrected chi connectivity index (χ2v) is 8.90. The van der Waals surface area contributed by atoms with Gasteiger partial charge in [0.2, 0.25) is 0 Å². The Hall–Kier alpha value is -1.48. The van der Waals surface area contributed by atoms with Crippen LogP contribution < -0.4 is 4.72 Å². The Morgan fingerprint density at radius 2 is 2.04 bits per heavy atom. The molecule has 0 radical (unpaired) electrons. The van der Waals surface area contributed by atoms with Gasteiger partial charge >= 0.3 is 0 Å². The first-order valence-electron chi connectivity index (χ1n) is 7.80. The van der Waals surface area contributed by atoms with Crippen LogP contribution in [0.4, 0.5) is 5.82 Å². The van der Waals surface area contributed by atoms with Gasteiger partial charge in [0.1, 0.15) is 10.7 Å². The van der Waals surface area contributed by atoms with Gasteiger partial charge in [-0.1, -0.05) is 6.07 Å². The monoisotopic (exact) mass is 367 g/mol. The molecule has 1 aliphatic rings. The highest BCUT2D eigenvalue weighted by molar-refractivity contribution is 7.93. The molecule has 3 heterocycles. The third kappa shape index (κ3) is 4.13. The number of anilines is 1. The van der Waals surface area contributed by atoms with Crippen molar-refractivity contribution in [1.82, 2.24) is 9.88 Å². The van der Waals surface area contributed by atoms with E-state index in [2.05, 4.69) is 14.6 Å². The molecule has 2 aromatic heterocycles. The van der Waals surface area contributed by atoms with E-state index in [1.54, 1.807) is 12.1 Å². The van der Waals surface area contributed by atoms with Crippen molar-refractivity contribution in [3.05, 3.63) is 39.7 Å². The third-order valence-corrected chi connectivity index (χ3v) is 6.40. The maximum Gasteiger partial charge on any atom is 0.264 e. The number of thiophene rings is 1. The van der Waals surface area contributed by atoms with E-state index in [9.17, 15) is 8.42 Å². The van der Waals surface area contributed by atoms with Gasteiger partial charge in [0.05, 0.1) is 18.9 Å². The molecule has 3 rings (SSSR count). The first-order chi connectivity index (χ1) is 11.4. The van der Waals surface area contributed by atoms with Crippen molar-refractivity contribution < 1.29 is 13.2 Å². The number of aryl methyl sites for hydroxylation is 2. The van der Waals surface area contributed by atoms with Gasteiger partial charge in [0.15, 0.2) is 0 Å². The molecule has 1 N–H and O–H groups in total. The highest BCUT2D eigenvalue weighted by Gasteiger charge is 2.20. The number of rotatable bonds is 5. The molecular weight excluding hydrogens is 346 g/mol. The largest absolute Gasteiger partial charge is 0.379 e. The van der Waals surface area contributed by atoms with Crippen LogP contribution in [0.3, 0.4) is 0 Å². The van der Waals surface area contributed by atoms with Crippen LogP contribution in [0.25, 0.3) is 0 Å². The van der Waals surface area contributed by atoms with Crippen LogP contribution in [-0.2, 0) is 21.3 Å². The minimum atomic E-state index is -3.61. The Morgan fingerprint density at radius 3 is 2.71 bits per heavy atom. The minimum Gasteiger partial charge on any atom is -0.379 e. The topological polar surface area (TPSA) is 71.5 Å². The van der Waals surface area contributed by atoms with Crippen LogP contribution in [0.15, 0.2) is 29.2 Å². The summed E-state index contributed by atoms with van der Waals surface area (Å²) in [6.45, 7) is 7.59. The summed E-state index contributed by atoms with van der Waals surface area (Å²) in [6, 6.07) is 7.11. The summed E-state index contributed by atoms with van der Waals surface area (Å²) in [5.74, 6) is 0.351. The zero-order valence-electron chi connectivity index (χ0n) is 13.8. The number of nitrogens with one attached hydrogen (secondary N) is 1. The molecule has 1 saturated heterocycles. The molecule has 1 aliphatic heterocycles. The number of hydrogen-bond acceptors (Lipinski definition) is 6. The number of pyridine rings is 1.